The van der Waals surface area contributed by atoms with E-state index in [9.17, 15) is 9.59 Å². The summed E-state index contributed by atoms with van der Waals surface area (Å²) in [6.07, 6.45) is 0. The van der Waals surface area contributed by atoms with Crippen LogP contribution in [0.1, 0.15) is 10.5 Å². The van der Waals surface area contributed by atoms with Crippen LogP contribution < -0.4 is 10.9 Å². The van der Waals surface area contributed by atoms with E-state index in [2.05, 4.69) is 34.2 Å². The maximum absolute atomic E-state index is 11.9. The van der Waals surface area contributed by atoms with E-state index in [4.69, 9.17) is 0 Å². The number of carbonyl (C=O) groups excluding carboxylic acids is 1. The van der Waals surface area contributed by atoms with Crippen LogP contribution in [0, 0.1) is 0 Å². The number of amides is 1. The van der Waals surface area contributed by atoms with E-state index in [0.717, 1.165) is 19.6 Å². The highest BCUT2D eigenvalue weighted by Crippen LogP contribution is 2.04. The molecule has 0 aromatic carbocycles. The third kappa shape index (κ3) is 3.65. The molecule has 2 heterocycles. The fourth-order valence-electron chi connectivity index (χ4n) is 2.21. The van der Waals surface area contributed by atoms with Gasteiger partial charge in [0.2, 0.25) is 5.56 Å². The van der Waals surface area contributed by atoms with Gasteiger partial charge in [-0.2, -0.15) is 0 Å². The highest BCUT2D eigenvalue weighted by atomic mass is 16.2. The van der Waals surface area contributed by atoms with Gasteiger partial charge in [0.05, 0.1) is 0 Å². The molecule has 0 saturated carbocycles. The van der Waals surface area contributed by atoms with E-state index in [-0.39, 0.29) is 11.5 Å². The van der Waals surface area contributed by atoms with Gasteiger partial charge in [0.25, 0.3) is 5.91 Å². The van der Waals surface area contributed by atoms with Crippen molar-refractivity contribution in [1.82, 2.24) is 20.1 Å². The number of pyridine rings is 1. The Bertz CT molecular complexity index is 499. The van der Waals surface area contributed by atoms with E-state index < -0.39 is 0 Å². The van der Waals surface area contributed by atoms with Crippen molar-refractivity contribution in [1.29, 1.82) is 0 Å². The fraction of sp³-hybridized carbons (Fsp3) is 0.538. The van der Waals surface area contributed by atoms with Crippen molar-refractivity contribution in [3.8, 4) is 0 Å². The molecule has 2 rings (SSSR count). The van der Waals surface area contributed by atoms with Gasteiger partial charge in [0.15, 0.2) is 0 Å². The molecule has 19 heavy (non-hydrogen) atoms. The normalized spacial score (nSPS) is 21.3. The van der Waals surface area contributed by atoms with Gasteiger partial charge in [-0.25, -0.2) is 0 Å². The molecular formula is C13H20N4O2. The number of aromatic amines is 1. The van der Waals surface area contributed by atoms with Crippen molar-refractivity contribution in [2.45, 2.75) is 6.04 Å². The number of H-pyrrole nitrogens is 1. The number of carbonyl (C=O) groups is 1. The summed E-state index contributed by atoms with van der Waals surface area (Å²) < 4.78 is 0. The minimum Gasteiger partial charge on any atom is -0.349 e. The second-order valence-corrected chi connectivity index (χ2v) is 5.04. The number of piperazine rings is 1. The summed E-state index contributed by atoms with van der Waals surface area (Å²) in [6.45, 7) is 3.56. The zero-order valence-corrected chi connectivity index (χ0v) is 11.3. The number of hydrogen-bond acceptors (Lipinski definition) is 4. The number of nitrogens with one attached hydrogen (secondary N) is 2. The molecule has 0 spiro atoms. The maximum Gasteiger partial charge on any atom is 0.267 e. The third-order valence-electron chi connectivity index (χ3n) is 3.49. The average Bonchev–Trinajstić information content (AvgIpc) is 2.39. The zero-order valence-electron chi connectivity index (χ0n) is 11.3. The van der Waals surface area contributed by atoms with Gasteiger partial charge in [-0.3, -0.25) is 14.5 Å². The molecule has 6 nitrogen and oxygen atoms in total. The van der Waals surface area contributed by atoms with Gasteiger partial charge in [0.1, 0.15) is 5.69 Å². The summed E-state index contributed by atoms with van der Waals surface area (Å²) >= 11 is 0. The highest BCUT2D eigenvalue weighted by Gasteiger charge is 2.22. The molecule has 1 aliphatic rings. The minimum absolute atomic E-state index is 0.237. The topological polar surface area (TPSA) is 68.4 Å². The molecule has 1 saturated heterocycles. The lowest BCUT2D eigenvalue weighted by molar-refractivity contribution is 0.0876. The molecule has 0 radical (unpaired) electrons. The number of rotatable bonds is 3. The van der Waals surface area contributed by atoms with Crippen LogP contribution in [0.3, 0.4) is 0 Å². The van der Waals surface area contributed by atoms with Crippen LogP contribution in [0.5, 0.6) is 0 Å². The van der Waals surface area contributed by atoms with Crippen LogP contribution in [-0.4, -0.2) is 67.0 Å². The van der Waals surface area contributed by atoms with Crippen LogP contribution in [0.15, 0.2) is 23.0 Å². The average molecular weight is 264 g/mol. The molecule has 104 valence electrons. The quantitative estimate of drug-likeness (QED) is 0.761. The van der Waals surface area contributed by atoms with Crippen molar-refractivity contribution >= 4 is 5.91 Å². The molecule has 0 aliphatic carbocycles. The van der Waals surface area contributed by atoms with E-state index in [1.165, 1.54) is 6.07 Å². The first kappa shape index (κ1) is 13.8. The second kappa shape index (κ2) is 5.99. The predicted octanol–water partition coefficient (Wildman–Crippen LogP) is -0.649. The van der Waals surface area contributed by atoms with Crippen LogP contribution >= 0.6 is 0 Å². The van der Waals surface area contributed by atoms with Gasteiger partial charge in [-0.05, 0) is 20.2 Å². The predicted molar refractivity (Wildman–Crippen MR) is 73.3 cm³/mol. The monoisotopic (exact) mass is 264 g/mol. The first-order valence-electron chi connectivity index (χ1n) is 6.42. The van der Waals surface area contributed by atoms with Crippen molar-refractivity contribution in [2.24, 2.45) is 0 Å². The van der Waals surface area contributed by atoms with Crippen molar-refractivity contribution < 1.29 is 4.79 Å². The number of hydrogen-bond donors (Lipinski definition) is 2. The summed E-state index contributed by atoms with van der Waals surface area (Å²) in [5.74, 6) is -0.237. The van der Waals surface area contributed by atoms with E-state index >= 15 is 0 Å². The molecule has 1 atom stereocenters. The molecule has 1 aliphatic heterocycles. The smallest absolute Gasteiger partial charge is 0.267 e. The Hall–Kier alpha value is -1.66. The molecule has 1 aromatic rings. The number of aromatic nitrogens is 1. The SMILES string of the molecule is CN1CCN(C)C(CNC(=O)c2cccc(=O)[nH]2)C1. The Balaban J connectivity index is 1.91. The van der Waals surface area contributed by atoms with Crippen LogP contribution in [-0.2, 0) is 0 Å². The first-order chi connectivity index (χ1) is 9.06. The van der Waals surface area contributed by atoms with Gasteiger partial charge < -0.3 is 15.2 Å². The Morgan fingerprint density at radius 1 is 1.42 bits per heavy atom. The fourth-order valence-corrected chi connectivity index (χ4v) is 2.21. The lowest BCUT2D eigenvalue weighted by Crippen LogP contribution is -2.54. The van der Waals surface area contributed by atoms with E-state index in [0.29, 0.717) is 18.3 Å². The molecule has 1 unspecified atom stereocenters. The highest BCUT2D eigenvalue weighted by molar-refractivity contribution is 5.92. The van der Waals surface area contributed by atoms with Crippen LogP contribution in [0.4, 0.5) is 0 Å². The molecule has 0 bridgehead atoms. The summed E-state index contributed by atoms with van der Waals surface area (Å²) in [7, 11) is 4.14. The van der Waals surface area contributed by atoms with Crippen molar-refractivity contribution in [3.63, 3.8) is 0 Å². The Labute approximate surface area is 112 Å². The molecule has 1 amide bonds. The molecule has 2 N–H and O–H groups in total. The zero-order chi connectivity index (χ0) is 13.8. The van der Waals surface area contributed by atoms with Crippen molar-refractivity contribution in [2.75, 3.05) is 40.3 Å². The largest absolute Gasteiger partial charge is 0.349 e. The van der Waals surface area contributed by atoms with E-state index in [1.54, 1.807) is 12.1 Å². The Morgan fingerprint density at radius 3 is 2.95 bits per heavy atom. The Kier molecular flexibility index (Phi) is 4.34. The standard InChI is InChI=1S/C13H20N4O2/c1-16-6-7-17(2)10(9-16)8-14-13(19)11-4-3-5-12(18)15-11/h3-5,10H,6-9H2,1-2H3,(H,14,19)(H,15,18). The number of likely N-dealkylation sites (N-methyl/N-ethyl adjacent to an activating group) is 2. The van der Waals surface area contributed by atoms with Gasteiger partial charge >= 0.3 is 0 Å². The summed E-state index contributed by atoms with van der Waals surface area (Å²) in [5.41, 5.74) is 0.0430. The van der Waals surface area contributed by atoms with Gasteiger partial charge in [-0.15, -0.1) is 0 Å². The molecule has 6 heteroatoms. The minimum atomic E-state index is -0.262. The lowest BCUT2D eigenvalue weighted by atomic mass is 10.2. The van der Waals surface area contributed by atoms with Crippen LogP contribution in [0.25, 0.3) is 0 Å². The van der Waals surface area contributed by atoms with Gasteiger partial charge in [-0.1, -0.05) is 6.07 Å². The van der Waals surface area contributed by atoms with Crippen molar-refractivity contribution in [3.05, 3.63) is 34.2 Å². The molecular weight excluding hydrogens is 244 g/mol. The maximum atomic E-state index is 11.9. The summed E-state index contributed by atoms with van der Waals surface area (Å²) in [4.78, 5) is 30.1. The molecule has 1 aromatic heterocycles. The molecule has 1 fully saturated rings. The van der Waals surface area contributed by atoms with Gasteiger partial charge in [0, 0.05) is 38.3 Å². The van der Waals surface area contributed by atoms with E-state index in [1.807, 2.05) is 0 Å². The first-order valence-corrected chi connectivity index (χ1v) is 6.42. The third-order valence-corrected chi connectivity index (χ3v) is 3.49. The Morgan fingerprint density at radius 2 is 2.21 bits per heavy atom. The summed E-state index contributed by atoms with van der Waals surface area (Å²) in [6, 6.07) is 4.88. The number of nitrogens with zero attached hydrogens (tertiary/aromatic N) is 2. The van der Waals surface area contributed by atoms with Crippen LogP contribution in [0.2, 0.25) is 0 Å². The lowest BCUT2D eigenvalue weighted by Gasteiger charge is -2.37. The summed E-state index contributed by atoms with van der Waals surface area (Å²) in [5, 5.41) is 2.87. The second-order valence-electron chi connectivity index (χ2n) is 5.04.